The summed E-state index contributed by atoms with van der Waals surface area (Å²) in [6.45, 7) is 6.28. The number of hydrogen-bond donors (Lipinski definition) is 2. The van der Waals surface area contributed by atoms with Crippen molar-refractivity contribution in [3.63, 3.8) is 0 Å². The maximum Gasteiger partial charge on any atom is 0.225 e. The van der Waals surface area contributed by atoms with E-state index in [1.54, 1.807) is 18.3 Å². The molecule has 2 heterocycles. The topological polar surface area (TPSA) is 58.0 Å². The lowest BCUT2D eigenvalue weighted by Gasteiger charge is -2.22. The minimum atomic E-state index is -0.757. The molecule has 0 aromatic carbocycles. The molecule has 0 spiro atoms. The highest BCUT2D eigenvalue weighted by Gasteiger charge is 2.18. The molecular weight excluding hydrogens is 282 g/mol. The fourth-order valence-corrected chi connectivity index (χ4v) is 2.84. The Balaban J connectivity index is 2.33. The third kappa shape index (κ3) is 3.35. The van der Waals surface area contributed by atoms with Crippen molar-refractivity contribution < 1.29 is 5.11 Å². The van der Waals surface area contributed by atoms with Gasteiger partial charge in [0, 0.05) is 11.4 Å². The molecule has 0 bridgehead atoms. The highest BCUT2D eigenvalue weighted by atomic mass is 35.5. The van der Waals surface area contributed by atoms with E-state index in [2.05, 4.69) is 28.3 Å². The lowest BCUT2D eigenvalue weighted by atomic mass is 10.0. The van der Waals surface area contributed by atoms with Crippen LogP contribution in [0, 0.1) is 0 Å². The first-order chi connectivity index (χ1) is 8.95. The van der Waals surface area contributed by atoms with Gasteiger partial charge in [0.1, 0.15) is 10.6 Å². The van der Waals surface area contributed by atoms with E-state index in [0.717, 1.165) is 16.6 Å². The summed E-state index contributed by atoms with van der Waals surface area (Å²) in [5, 5.41) is 14.4. The quantitative estimate of drug-likeness (QED) is 0.830. The number of nitrogens with zero attached hydrogens (tertiary/aromatic N) is 2. The lowest BCUT2D eigenvalue weighted by Crippen LogP contribution is -2.32. The zero-order valence-electron chi connectivity index (χ0n) is 11.3. The van der Waals surface area contributed by atoms with Crippen LogP contribution in [0.5, 0.6) is 0 Å². The first-order valence-corrected chi connectivity index (χ1v) is 7.57. The van der Waals surface area contributed by atoms with Gasteiger partial charge in [0.2, 0.25) is 5.28 Å². The van der Waals surface area contributed by atoms with Crippen LogP contribution in [0.15, 0.2) is 6.07 Å². The largest absolute Gasteiger partial charge is 0.388 e. The monoisotopic (exact) mass is 299 g/mol. The van der Waals surface area contributed by atoms with Crippen LogP contribution in [0.1, 0.15) is 32.1 Å². The smallest absolute Gasteiger partial charge is 0.225 e. The van der Waals surface area contributed by atoms with Crippen molar-refractivity contribution in [3.8, 4) is 0 Å². The van der Waals surface area contributed by atoms with Crippen LogP contribution in [0.25, 0.3) is 10.2 Å². The molecule has 4 nitrogen and oxygen atoms in total. The summed E-state index contributed by atoms with van der Waals surface area (Å²) in [6.07, 6.45) is 1.64. The van der Waals surface area contributed by atoms with Crippen molar-refractivity contribution in [2.24, 2.45) is 0 Å². The minimum Gasteiger partial charge on any atom is -0.388 e. The van der Waals surface area contributed by atoms with Gasteiger partial charge in [-0.05, 0) is 37.4 Å². The number of aromatic nitrogens is 2. The lowest BCUT2D eigenvalue weighted by molar-refractivity contribution is 0.0697. The summed E-state index contributed by atoms with van der Waals surface area (Å²) < 4.78 is 0. The molecular formula is C13H18ClN3OS. The second-order valence-electron chi connectivity index (χ2n) is 4.83. The van der Waals surface area contributed by atoms with E-state index in [1.807, 2.05) is 6.92 Å². The maximum atomic E-state index is 10.0. The maximum absolute atomic E-state index is 10.0. The zero-order chi connectivity index (χ0) is 14.0. The Morgan fingerprint density at radius 1 is 1.42 bits per heavy atom. The van der Waals surface area contributed by atoms with Crippen LogP contribution in [0.2, 0.25) is 5.28 Å². The minimum absolute atomic E-state index is 0.232. The standard InChI is InChI=1S/C13H18ClN3OS/c1-4-8-6-9-10(15-7-13(3,18)5-2)16-12(14)17-11(9)19-8/h6,18H,4-5,7H2,1-3H3,(H,15,16,17). The Morgan fingerprint density at radius 2 is 2.16 bits per heavy atom. The number of aryl methyl sites for hydroxylation is 1. The van der Waals surface area contributed by atoms with E-state index in [4.69, 9.17) is 11.6 Å². The van der Waals surface area contributed by atoms with E-state index in [9.17, 15) is 5.11 Å². The molecule has 0 amide bonds. The molecule has 0 aliphatic carbocycles. The van der Waals surface area contributed by atoms with E-state index in [0.29, 0.717) is 18.8 Å². The molecule has 1 atom stereocenters. The molecule has 1 unspecified atom stereocenters. The number of thiophene rings is 1. The third-order valence-electron chi connectivity index (χ3n) is 3.16. The van der Waals surface area contributed by atoms with Crippen molar-refractivity contribution in [3.05, 3.63) is 16.2 Å². The molecule has 0 aliphatic rings. The van der Waals surface area contributed by atoms with E-state index in [-0.39, 0.29) is 5.28 Å². The Morgan fingerprint density at radius 3 is 2.79 bits per heavy atom. The Hall–Kier alpha value is -0.910. The van der Waals surface area contributed by atoms with E-state index in [1.165, 1.54) is 4.88 Å². The summed E-state index contributed by atoms with van der Waals surface area (Å²) in [4.78, 5) is 10.6. The van der Waals surface area contributed by atoms with Gasteiger partial charge in [-0.2, -0.15) is 0 Å². The highest BCUT2D eigenvalue weighted by Crippen LogP contribution is 2.30. The predicted octanol–water partition coefficient (Wildman–Crippen LogP) is 3.48. The fraction of sp³-hybridized carbons (Fsp3) is 0.538. The first-order valence-electron chi connectivity index (χ1n) is 6.37. The molecule has 2 N–H and O–H groups in total. The Labute approximate surface area is 121 Å². The molecule has 6 heteroatoms. The number of aliphatic hydroxyl groups is 1. The molecule has 2 aromatic heterocycles. The number of nitrogens with one attached hydrogen (secondary N) is 1. The second-order valence-corrected chi connectivity index (χ2v) is 6.28. The number of halogens is 1. The van der Waals surface area contributed by atoms with Gasteiger partial charge in [0.05, 0.1) is 11.0 Å². The van der Waals surface area contributed by atoms with Gasteiger partial charge in [-0.1, -0.05) is 13.8 Å². The van der Waals surface area contributed by atoms with Crippen LogP contribution in [-0.4, -0.2) is 27.2 Å². The summed E-state index contributed by atoms with van der Waals surface area (Å²) in [6, 6.07) is 2.08. The van der Waals surface area contributed by atoms with Gasteiger partial charge in [-0.15, -0.1) is 11.3 Å². The molecule has 0 saturated carbocycles. The van der Waals surface area contributed by atoms with Gasteiger partial charge < -0.3 is 10.4 Å². The van der Waals surface area contributed by atoms with Gasteiger partial charge in [0.15, 0.2) is 0 Å². The summed E-state index contributed by atoms with van der Waals surface area (Å²) in [5.74, 6) is 0.694. The molecule has 0 saturated heterocycles. The average Bonchev–Trinajstić information content (AvgIpc) is 2.79. The number of rotatable bonds is 5. The predicted molar refractivity (Wildman–Crippen MR) is 81.2 cm³/mol. The van der Waals surface area contributed by atoms with Crippen molar-refractivity contribution in [2.45, 2.75) is 39.2 Å². The summed E-state index contributed by atoms with van der Waals surface area (Å²) in [5.41, 5.74) is -0.757. The molecule has 0 fully saturated rings. The SMILES string of the molecule is CCc1cc2c(NCC(C)(O)CC)nc(Cl)nc2s1. The Bertz CT molecular complexity index is 583. The number of fused-ring (bicyclic) bond motifs is 1. The van der Waals surface area contributed by atoms with Gasteiger partial charge in [-0.3, -0.25) is 0 Å². The zero-order valence-corrected chi connectivity index (χ0v) is 12.9. The molecule has 0 aliphatic heterocycles. The van der Waals surface area contributed by atoms with Crippen molar-refractivity contribution in [1.82, 2.24) is 9.97 Å². The van der Waals surface area contributed by atoms with Crippen LogP contribution >= 0.6 is 22.9 Å². The van der Waals surface area contributed by atoms with Gasteiger partial charge in [-0.25, -0.2) is 9.97 Å². The summed E-state index contributed by atoms with van der Waals surface area (Å²) in [7, 11) is 0. The van der Waals surface area contributed by atoms with Crippen molar-refractivity contribution >= 4 is 39.0 Å². The van der Waals surface area contributed by atoms with Gasteiger partial charge in [0.25, 0.3) is 0 Å². The molecule has 2 aromatic rings. The van der Waals surface area contributed by atoms with Crippen molar-refractivity contribution in [2.75, 3.05) is 11.9 Å². The number of anilines is 1. The van der Waals surface area contributed by atoms with Crippen LogP contribution in [0.3, 0.4) is 0 Å². The average molecular weight is 300 g/mol. The molecule has 0 radical (unpaired) electrons. The number of hydrogen-bond acceptors (Lipinski definition) is 5. The van der Waals surface area contributed by atoms with Crippen molar-refractivity contribution in [1.29, 1.82) is 0 Å². The summed E-state index contributed by atoms with van der Waals surface area (Å²) >= 11 is 7.57. The van der Waals surface area contributed by atoms with E-state index >= 15 is 0 Å². The normalized spacial score (nSPS) is 14.6. The Kier molecular flexibility index (Phi) is 4.28. The first kappa shape index (κ1) is 14.5. The third-order valence-corrected chi connectivity index (χ3v) is 4.51. The van der Waals surface area contributed by atoms with Crippen LogP contribution in [0.4, 0.5) is 5.82 Å². The second kappa shape index (κ2) is 5.61. The van der Waals surface area contributed by atoms with Crippen LogP contribution < -0.4 is 5.32 Å². The van der Waals surface area contributed by atoms with E-state index < -0.39 is 5.60 Å². The molecule has 104 valence electrons. The fourth-order valence-electron chi connectivity index (χ4n) is 1.65. The molecule has 19 heavy (non-hydrogen) atoms. The van der Waals surface area contributed by atoms with Gasteiger partial charge >= 0.3 is 0 Å². The molecule has 2 rings (SSSR count). The highest BCUT2D eigenvalue weighted by molar-refractivity contribution is 7.18. The van der Waals surface area contributed by atoms with Crippen LogP contribution in [-0.2, 0) is 6.42 Å².